The Morgan fingerprint density at radius 2 is 2.32 bits per heavy atom. The predicted molar refractivity (Wildman–Crippen MR) is 71.3 cm³/mol. The molecule has 100 valence electrons. The first-order valence-electron chi connectivity index (χ1n) is 6.21. The van der Waals surface area contributed by atoms with Gasteiger partial charge in [0.15, 0.2) is 0 Å². The van der Waals surface area contributed by atoms with E-state index in [0.29, 0.717) is 31.0 Å². The molecule has 0 spiro atoms. The molecule has 2 heterocycles. The van der Waals surface area contributed by atoms with E-state index in [-0.39, 0.29) is 5.91 Å². The molecule has 5 heteroatoms. The van der Waals surface area contributed by atoms with Crippen LogP contribution in [0.2, 0.25) is 0 Å². The van der Waals surface area contributed by atoms with Gasteiger partial charge in [0.1, 0.15) is 12.0 Å². The van der Waals surface area contributed by atoms with E-state index in [1.165, 1.54) is 6.26 Å². The van der Waals surface area contributed by atoms with Gasteiger partial charge in [0, 0.05) is 12.7 Å². The fraction of sp³-hybridized carbons (Fsp3) is 0.286. The van der Waals surface area contributed by atoms with Gasteiger partial charge in [0.25, 0.3) is 5.91 Å². The van der Waals surface area contributed by atoms with E-state index in [2.05, 4.69) is 4.98 Å². The third-order valence-electron chi connectivity index (χ3n) is 2.85. The molecule has 0 bridgehead atoms. The quantitative estimate of drug-likeness (QED) is 0.888. The highest BCUT2D eigenvalue weighted by atomic mass is 16.3. The van der Waals surface area contributed by atoms with E-state index in [1.807, 2.05) is 25.1 Å². The van der Waals surface area contributed by atoms with Gasteiger partial charge in [0.05, 0.1) is 24.3 Å². The highest BCUT2D eigenvalue weighted by Gasteiger charge is 2.17. The highest BCUT2D eigenvalue weighted by molar-refractivity contribution is 5.94. The standard InChI is InChI=1S/C14H17N3O2/c1-2-17(9-12-5-3-4-6-16-12)14(18)11-7-13(8-15)19-10-11/h3-7,10H,2,8-9,15H2,1H3. The molecule has 0 aliphatic heterocycles. The lowest BCUT2D eigenvalue weighted by Gasteiger charge is -2.19. The largest absolute Gasteiger partial charge is 0.467 e. The van der Waals surface area contributed by atoms with E-state index >= 15 is 0 Å². The van der Waals surface area contributed by atoms with Crippen LogP contribution in [-0.2, 0) is 13.1 Å². The molecule has 0 aliphatic carbocycles. The lowest BCUT2D eigenvalue weighted by molar-refractivity contribution is 0.0750. The maximum atomic E-state index is 12.3. The smallest absolute Gasteiger partial charge is 0.257 e. The summed E-state index contributed by atoms with van der Waals surface area (Å²) in [4.78, 5) is 18.2. The Bertz CT molecular complexity index is 537. The molecule has 19 heavy (non-hydrogen) atoms. The average molecular weight is 259 g/mol. The predicted octanol–water partition coefficient (Wildman–Crippen LogP) is 1.80. The second kappa shape index (κ2) is 6.15. The molecule has 0 unspecified atom stereocenters. The topological polar surface area (TPSA) is 72.4 Å². The molecule has 5 nitrogen and oxygen atoms in total. The summed E-state index contributed by atoms with van der Waals surface area (Å²) in [6.07, 6.45) is 3.17. The maximum Gasteiger partial charge on any atom is 0.257 e. The van der Waals surface area contributed by atoms with Crippen LogP contribution in [0, 0.1) is 0 Å². The van der Waals surface area contributed by atoms with E-state index in [4.69, 9.17) is 10.2 Å². The van der Waals surface area contributed by atoms with Crippen LogP contribution >= 0.6 is 0 Å². The molecule has 2 rings (SSSR count). The van der Waals surface area contributed by atoms with Gasteiger partial charge >= 0.3 is 0 Å². The minimum Gasteiger partial charge on any atom is -0.467 e. The van der Waals surface area contributed by atoms with Crippen molar-refractivity contribution in [2.24, 2.45) is 5.73 Å². The monoisotopic (exact) mass is 259 g/mol. The lowest BCUT2D eigenvalue weighted by atomic mass is 10.2. The molecule has 2 aromatic rings. The third-order valence-corrected chi connectivity index (χ3v) is 2.85. The van der Waals surface area contributed by atoms with Crippen molar-refractivity contribution >= 4 is 5.91 Å². The van der Waals surface area contributed by atoms with Crippen molar-refractivity contribution in [3.05, 3.63) is 53.7 Å². The summed E-state index contributed by atoms with van der Waals surface area (Å²) in [5.41, 5.74) is 6.85. The highest BCUT2D eigenvalue weighted by Crippen LogP contribution is 2.12. The first-order chi connectivity index (χ1) is 9.24. The Kier molecular flexibility index (Phi) is 4.30. The van der Waals surface area contributed by atoms with Gasteiger partial charge < -0.3 is 15.1 Å². The third kappa shape index (κ3) is 3.20. The van der Waals surface area contributed by atoms with Crippen molar-refractivity contribution in [2.45, 2.75) is 20.0 Å². The number of pyridine rings is 1. The maximum absolute atomic E-state index is 12.3. The van der Waals surface area contributed by atoms with E-state index in [0.717, 1.165) is 5.69 Å². The zero-order valence-corrected chi connectivity index (χ0v) is 10.9. The van der Waals surface area contributed by atoms with Gasteiger partial charge in [-0.1, -0.05) is 6.07 Å². The normalized spacial score (nSPS) is 10.4. The summed E-state index contributed by atoms with van der Waals surface area (Å²) in [6.45, 7) is 3.32. The molecule has 1 amide bonds. The number of furan rings is 1. The van der Waals surface area contributed by atoms with Gasteiger partial charge in [-0.3, -0.25) is 9.78 Å². The van der Waals surface area contributed by atoms with Crippen LogP contribution in [0.1, 0.15) is 28.7 Å². The van der Waals surface area contributed by atoms with Gasteiger partial charge in [-0.05, 0) is 25.1 Å². The summed E-state index contributed by atoms with van der Waals surface area (Å²) in [7, 11) is 0. The van der Waals surface area contributed by atoms with Crippen molar-refractivity contribution in [3.63, 3.8) is 0 Å². The molecular formula is C14H17N3O2. The van der Waals surface area contributed by atoms with Crippen molar-refractivity contribution < 1.29 is 9.21 Å². The number of nitrogens with two attached hydrogens (primary N) is 1. The van der Waals surface area contributed by atoms with Crippen molar-refractivity contribution in [2.75, 3.05) is 6.54 Å². The molecule has 0 saturated carbocycles. The fourth-order valence-electron chi connectivity index (χ4n) is 1.80. The number of carbonyl (C=O) groups is 1. The Labute approximate surface area is 112 Å². The molecule has 0 aromatic carbocycles. The molecule has 0 atom stereocenters. The Hall–Kier alpha value is -2.14. The molecule has 0 radical (unpaired) electrons. The van der Waals surface area contributed by atoms with E-state index < -0.39 is 0 Å². The van der Waals surface area contributed by atoms with Gasteiger partial charge in [-0.15, -0.1) is 0 Å². The summed E-state index contributed by atoms with van der Waals surface area (Å²) in [6, 6.07) is 7.34. The number of hydrogen-bond acceptors (Lipinski definition) is 4. The van der Waals surface area contributed by atoms with Crippen LogP contribution in [0.4, 0.5) is 0 Å². The molecule has 0 fully saturated rings. The molecule has 2 N–H and O–H groups in total. The molecular weight excluding hydrogens is 242 g/mol. The van der Waals surface area contributed by atoms with Crippen LogP contribution in [0.3, 0.4) is 0 Å². The van der Waals surface area contributed by atoms with Gasteiger partial charge in [-0.25, -0.2) is 0 Å². The molecule has 0 aliphatic rings. The Morgan fingerprint density at radius 3 is 2.89 bits per heavy atom. The van der Waals surface area contributed by atoms with Crippen molar-refractivity contribution in [3.8, 4) is 0 Å². The van der Waals surface area contributed by atoms with Gasteiger partial charge in [0.2, 0.25) is 0 Å². The average Bonchev–Trinajstić information content (AvgIpc) is 2.94. The first-order valence-corrected chi connectivity index (χ1v) is 6.21. The van der Waals surface area contributed by atoms with Crippen LogP contribution in [0.5, 0.6) is 0 Å². The molecule has 0 saturated heterocycles. The molecule has 2 aromatic heterocycles. The SMILES string of the molecule is CCN(Cc1ccccn1)C(=O)c1coc(CN)c1. The summed E-state index contributed by atoms with van der Waals surface area (Å²) in [5, 5.41) is 0. The van der Waals surface area contributed by atoms with Crippen LogP contribution < -0.4 is 5.73 Å². The number of nitrogens with zero attached hydrogens (tertiary/aromatic N) is 2. The summed E-state index contributed by atoms with van der Waals surface area (Å²) in [5.74, 6) is 0.536. The number of amides is 1. The number of carbonyl (C=O) groups excluding carboxylic acids is 1. The van der Waals surface area contributed by atoms with Crippen molar-refractivity contribution in [1.82, 2.24) is 9.88 Å². The summed E-state index contributed by atoms with van der Waals surface area (Å²) < 4.78 is 5.19. The number of hydrogen-bond donors (Lipinski definition) is 1. The Morgan fingerprint density at radius 1 is 1.47 bits per heavy atom. The zero-order chi connectivity index (χ0) is 13.7. The fourth-order valence-corrected chi connectivity index (χ4v) is 1.80. The van der Waals surface area contributed by atoms with Gasteiger partial charge in [-0.2, -0.15) is 0 Å². The van der Waals surface area contributed by atoms with E-state index in [1.54, 1.807) is 17.2 Å². The van der Waals surface area contributed by atoms with Crippen LogP contribution in [0.15, 0.2) is 41.1 Å². The van der Waals surface area contributed by atoms with Crippen molar-refractivity contribution in [1.29, 1.82) is 0 Å². The van der Waals surface area contributed by atoms with Crippen LogP contribution in [0.25, 0.3) is 0 Å². The Balaban J connectivity index is 2.11. The minimum atomic E-state index is -0.0726. The second-order valence-electron chi connectivity index (χ2n) is 4.15. The number of aromatic nitrogens is 1. The number of rotatable bonds is 5. The van der Waals surface area contributed by atoms with Crippen LogP contribution in [-0.4, -0.2) is 22.3 Å². The second-order valence-corrected chi connectivity index (χ2v) is 4.15. The summed E-state index contributed by atoms with van der Waals surface area (Å²) >= 11 is 0. The first kappa shape index (κ1) is 13.3. The zero-order valence-electron chi connectivity index (χ0n) is 10.9. The minimum absolute atomic E-state index is 0.0726. The lowest BCUT2D eigenvalue weighted by Crippen LogP contribution is -2.30. The van der Waals surface area contributed by atoms with E-state index in [9.17, 15) is 4.79 Å².